The minimum Gasteiger partial charge on any atom is -0.477 e. The first kappa shape index (κ1) is 21.2. The number of carbonyl (C=O) groups excluding carboxylic acids is 1. The molecule has 2 N–H and O–H groups in total. The van der Waals surface area contributed by atoms with Gasteiger partial charge in [-0.1, -0.05) is 24.3 Å². The van der Waals surface area contributed by atoms with E-state index < -0.39 is 5.97 Å². The van der Waals surface area contributed by atoms with E-state index in [1.807, 2.05) is 30.3 Å². The van der Waals surface area contributed by atoms with Crippen molar-refractivity contribution in [2.75, 3.05) is 18.4 Å². The molecule has 2 aliphatic rings. The number of nitrogens with zero attached hydrogens (tertiary/aromatic N) is 1. The van der Waals surface area contributed by atoms with Crippen molar-refractivity contribution in [3.63, 3.8) is 0 Å². The van der Waals surface area contributed by atoms with E-state index >= 15 is 0 Å². The second-order valence-corrected chi connectivity index (χ2v) is 9.97. The summed E-state index contributed by atoms with van der Waals surface area (Å²) in [6, 6.07) is 14.4. The average Bonchev–Trinajstić information content (AvgIpc) is 3.38. The third-order valence-electron chi connectivity index (χ3n) is 6.81. The zero-order valence-electron chi connectivity index (χ0n) is 18.1. The van der Waals surface area contributed by atoms with Crippen LogP contribution in [0.3, 0.4) is 0 Å². The fraction of sp³-hybridized carbons (Fsp3) is 0.385. The van der Waals surface area contributed by atoms with E-state index in [0.717, 1.165) is 53.6 Å². The number of thiophene rings is 1. The second-order valence-electron chi connectivity index (χ2n) is 8.92. The molecule has 1 saturated heterocycles. The van der Waals surface area contributed by atoms with Crippen LogP contribution in [0.25, 0.3) is 10.1 Å². The van der Waals surface area contributed by atoms with Gasteiger partial charge in [-0.25, -0.2) is 4.79 Å². The number of carbonyl (C=O) groups is 2. The molecule has 2 heterocycles. The molecule has 0 spiro atoms. The molecule has 2 aromatic carbocycles. The number of rotatable bonds is 6. The van der Waals surface area contributed by atoms with Crippen LogP contribution in [-0.2, 0) is 24.1 Å². The van der Waals surface area contributed by atoms with Crippen LogP contribution < -0.4 is 5.32 Å². The third kappa shape index (κ3) is 4.30. The maximum Gasteiger partial charge on any atom is 0.346 e. The molecule has 0 bridgehead atoms. The fourth-order valence-corrected chi connectivity index (χ4v) is 6.31. The summed E-state index contributed by atoms with van der Waals surface area (Å²) < 4.78 is 1.01. The zero-order valence-corrected chi connectivity index (χ0v) is 18.9. The quantitative estimate of drug-likeness (QED) is 0.549. The van der Waals surface area contributed by atoms with Crippen LogP contribution in [0, 0.1) is 0 Å². The summed E-state index contributed by atoms with van der Waals surface area (Å²) in [4.78, 5) is 27.3. The molecule has 5 nitrogen and oxygen atoms in total. The number of aryl methyl sites for hydroxylation is 2. The van der Waals surface area contributed by atoms with Crippen molar-refractivity contribution in [3.05, 3.63) is 64.0 Å². The Labute approximate surface area is 192 Å². The Bertz CT molecular complexity index is 1170. The molecule has 0 radical (unpaired) electrons. The van der Waals surface area contributed by atoms with Crippen molar-refractivity contribution < 1.29 is 14.7 Å². The van der Waals surface area contributed by atoms with Gasteiger partial charge in [0.15, 0.2) is 0 Å². The normalized spacial score (nSPS) is 18.6. The van der Waals surface area contributed by atoms with Crippen LogP contribution in [0.15, 0.2) is 42.5 Å². The topological polar surface area (TPSA) is 69.6 Å². The highest BCUT2D eigenvalue weighted by Gasteiger charge is 2.29. The lowest BCUT2D eigenvalue weighted by atomic mass is 9.91. The van der Waals surface area contributed by atoms with Gasteiger partial charge in [0.2, 0.25) is 5.91 Å². The van der Waals surface area contributed by atoms with Crippen LogP contribution in [-0.4, -0.2) is 41.0 Å². The number of likely N-dealkylation sites (tertiary alicyclic amines) is 1. The number of fused-ring (bicyclic) bond motifs is 2. The molecular formula is C26H28N2O3S. The molecule has 32 heavy (non-hydrogen) atoms. The predicted octanol–water partition coefficient (Wildman–Crippen LogP) is 5.12. The van der Waals surface area contributed by atoms with Gasteiger partial charge in [0.25, 0.3) is 0 Å². The van der Waals surface area contributed by atoms with Gasteiger partial charge in [-0.15, -0.1) is 11.3 Å². The number of amides is 1. The van der Waals surface area contributed by atoms with E-state index in [-0.39, 0.29) is 11.9 Å². The van der Waals surface area contributed by atoms with Crippen LogP contribution in [0.4, 0.5) is 5.69 Å². The van der Waals surface area contributed by atoms with E-state index in [9.17, 15) is 14.7 Å². The van der Waals surface area contributed by atoms with Crippen molar-refractivity contribution >= 4 is 39.0 Å². The highest BCUT2D eigenvalue weighted by Crippen LogP contribution is 2.34. The molecule has 1 fully saturated rings. The zero-order chi connectivity index (χ0) is 22.1. The lowest BCUT2D eigenvalue weighted by molar-refractivity contribution is -0.117. The van der Waals surface area contributed by atoms with Crippen molar-refractivity contribution in [2.45, 2.75) is 51.0 Å². The van der Waals surface area contributed by atoms with Gasteiger partial charge in [0.1, 0.15) is 4.88 Å². The average molecular weight is 449 g/mol. The van der Waals surface area contributed by atoms with Gasteiger partial charge in [-0.2, -0.15) is 0 Å². The fourth-order valence-electron chi connectivity index (χ4n) is 5.24. The van der Waals surface area contributed by atoms with Gasteiger partial charge in [0.05, 0.1) is 6.54 Å². The number of hydrogen-bond donors (Lipinski definition) is 2. The number of carboxylic acid groups (broad SMARTS) is 1. The smallest absolute Gasteiger partial charge is 0.346 e. The Morgan fingerprint density at radius 3 is 2.72 bits per heavy atom. The first-order valence-corrected chi connectivity index (χ1v) is 12.3. The molecule has 3 aromatic rings. The van der Waals surface area contributed by atoms with Crippen LogP contribution in [0.5, 0.6) is 0 Å². The summed E-state index contributed by atoms with van der Waals surface area (Å²) in [5.74, 6) is -0.864. The Balaban J connectivity index is 1.28. The predicted molar refractivity (Wildman–Crippen MR) is 129 cm³/mol. The molecule has 0 saturated carbocycles. The number of aromatic carboxylic acids is 1. The largest absolute Gasteiger partial charge is 0.477 e. The second kappa shape index (κ2) is 9.04. The van der Waals surface area contributed by atoms with Crippen LogP contribution >= 0.6 is 11.3 Å². The van der Waals surface area contributed by atoms with Crippen molar-refractivity contribution in [2.24, 2.45) is 0 Å². The van der Waals surface area contributed by atoms with Gasteiger partial charge in [-0.05, 0) is 91.8 Å². The number of carboxylic acids is 1. The Morgan fingerprint density at radius 1 is 1.06 bits per heavy atom. The highest BCUT2D eigenvalue weighted by atomic mass is 32.1. The summed E-state index contributed by atoms with van der Waals surface area (Å²) in [6.07, 6.45) is 7.37. The van der Waals surface area contributed by atoms with E-state index in [2.05, 4.69) is 22.3 Å². The number of anilines is 1. The molecule has 0 unspecified atom stereocenters. The molecule has 5 rings (SSSR count). The van der Waals surface area contributed by atoms with Crippen molar-refractivity contribution in [1.82, 2.24) is 4.90 Å². The number of hydrogen-bond acceptors (Lipinski definition) is 4. The Hall–Kier alpha value is -2.70. The summed E-state index contributed by atoms with van der Waals surface area (Å²) in [6.45, 7) is 1.21. The lowest BCUT2D eigenvalue weighted by Gasteiger charge is -2.24. The third-order valence-corrected chi connectivity index (χ3v) is 8.01. The van der Waals surface area contributed by atoms with Crippen LogP contribution in [0.2, 0.25) is 0 Å². The van der Waals surface area contributed by atoms with E-state index in [4.69, 9.17) is 0 Å². The summed E-state index contributed by atoms with van der Waals surface area (Å²) in [7, 11) is 0. The van der Waals surface area contributed by atoms with Gasteiger partial charge < -0.3 is 10.4 Å². The molecule has 1 aromatic heterocycles. The van der Waals surface area contributed by atoms with E-state index in [1.165, 1.54) is 35.3 Å². The van der Waals surface area contributed by atoms with Gasteiger partial charge >= 0.3 is 5.97 Å². The Morgan fingerprint density at radius 2 is 1.88 bits per heavy atom. The Kier molecular flexibility index (Phi) is 5.98. The summed E-state index contributed by atoms with van der Waals surface area (Å²) in [5.41, 5.74) is 4.55. The first-order valence-electron chi connectivity index (χ1n) is 11.5. The number of benzene rings is 2. The van der Waals surface area contributed by atoms with Crippen molar-refractivity contribution in [1.29, 1.82) is 0 Å². The highest BCUT2D eigenvalue weighted by molar-refractivity contribution is 7.21. The van der Waals surface area contributed by atoms with Crippen LogP contribution in [0.1, 0.15) is 52.0 Å². The molecule has 166 valence electrons. The minimum atomic E-state index is -0.865. The maximum absolute atomic E-state index is 12.8. The van der Waals surface area contributed by atoms with Gasteiger partial charge in [0, 0.05) is 16.4 Å². The summed E-state index contributed by atoms with van der Waals surface area (Å²) >= 11 is 1.35. The van der Waals surface area contributed by atoms with E-state index in [1.54, 1.807) is 0 Å². The van der Waals surface area contributed by atoms with Crippen molar-refractivity contribution in [3.8, 4) is 0 Å². The molecule has 1 amide bonds. The first-order chi connectivity index (χ1) is 15.6. The molecular weight excluding hydrogens is 420 g/mol. The lowest BCUT2D eigenvalue weighted by Crippen LogP contribution is -2.38. The van der Waals surface area contributed by atoms with Gasteiger partial charge in [-0.3, -0.25) is 9.69 Å². The minimum absolute atomic E-state index is 0.00120. The van der Waals surface area contributed by atoms with E-state index in [0.29, 0.717) is 17.8 Å². The molecule has 6 heteroatoms. The SMILES string of the molecule is O=C(CN1CCC[C@@H]1Cc1c(C(=O)O)sc2ccccc12)Nc1ccc2c(c1)CCCC2. The molecule has 1 aliphatic carbocycles. The number of nitrogens with one attached hydrogen (secondary N) is 1. The summed E-state index contributed by atoms with van der Waals surface area (Å²) in [5, 5.41) is 13.8. The maximum atomic E-state index is 12.8. The monoisotopic (exact) mass is 448 g/mol. The molecule has 1 atom stereocenters. The molecule has 1 aliphatic heterocycles. The standard InChI is InChI=1S/C26H28N2O3S/c29-24(27-19-12-11-17-6-1-2-7-18(17)14-19)16-28-13-5-8-20(28)15-22-21-9-3-4-10-23(21)32-25(22)26(30)31/h3-4,9-12,14,20H,1-2,5-8,13,15-16H2,(H,27,29)(H,30,31)/t20-/m1/s1.